The van der Waals surface area contributed by atoms with Crippen molar-refractivity contribution in [3.05, 3.63) is 6.33 Å². The monoisotopic (exact) mass is 256 g/mol. The van der Waals surface area contributed by atoms with E-state index in [-0.39, 0.29) is 11.2 Å². The Bertz CT molecular complexity index is 353. The first-order valence-electron chi connectivity index (χ1n) is 5.93. The van der Waals surface area contributed by atoms with E-state index in [2.05, 4.69) is 22.4 Å². The lowest BCUT2D eigenvalue weighted by Gasteiger charge is -2.10. The Morgan fingerprint density at radius 2 is 2.35 bits per heavy atom. The van der Waals surface area contributed by atoms with E-state index in [1.54, 1.807) is 6.33 Å². The lowest BCUT2D eigenvalue weighted by molar-refractivity contribution is -0.120. The van der Waals surface area contributed by atoms with Crippen molar-refractivity contribution in [3.63, 3.8) is 0 Å². The van der Waals surface area contributed by atoms with Crippen molar-refractivity contribution in [3.8, 4) is 0 Å². The molecule has 1 unspecified atom stereocenters. The Hall–Kier alpha value is -1.04. The average molecular weight is 256 g/mol. The highest BCUT2D eigenvalue weighted by atomic mass is 32.2. The molecule has 0 bridgehead atoms. The highest BCUT2D eigenvalue weighted by Gasteiger charge is 2.16. The second kappa shape index (κ2) is 7.32. The molecule has 1 N–H and O–H groups in total. The van der Waals surface area contributed by atoms with Crippen LogP contribution in [0.15, 0.2) is 11.5 Å². The molecule has 0 saturated carbocycles. The fourth-order valence-corrected chi connectivity index (χ4v) is 2.14. The van der Waals surface area contributed by atoms with Crippen molar-refractivity contribution in [1.82, 2.24) is 20.1 Å². The largest absolute Gasteiger partial charge is 0.355 e. The molecular weight excluding hydrogens is 236 g/mol. The summed E-state index contributed by atoms with van der Waals surface area (Å²) < 4.78 is 1.81. The zero-order valence-corrected chi connectivity index (χ0v) is 11.5. The van der Waals surface area contributed by atoms with Crippen molar-refractivity contribution in [2.75, 3.05) is 6.54 Å². The second-order valence-corrected chi connectivity index (χ2v) is 5.29. The third-order valence-electron chi connectivity index (χ3n) is 2.40. The molecule has 0 aromatic carbocycles. The first-order chi connectivity index (χ1) is 8.15. The van der Waals surface area contributed by atoms with Crippen LogP contribution in [0.25, 0.3) is 0 Å². The first kappa shape index (κ1) is 14.0. The maximum Gasteiger partial charge on any atom is 0.233 e. The molecule has 6 heteroatoms. The average Bonchev–Trinajstić information content (AvgIpc) is 2.70. The number of nitrogens with zero attached hydrogens (tertiary/aromatic N) is 3. The first-order valence-corrected chi connectivity index (χ1v) is 6.81. The number of rotatable bonds is 7. The summed E-state index contributed by atoms with van der Waals surface area (Å²) in [6.07, 6.45) is 5.00. The number of hydrogen-bond donors (Lipinski definition) is 1. The highest BCUT2D eigenvalue weighted by Crippen LogP contribution is 2.19. The molecule has 1 amide bonds. The van der Waals surface area contributed by atoms with E-state index < -0.39 is 0 Å². The molecule has 1 aromatic heterocycles. The van der Waals surface area contributed by atoms with Gasteiger partial charge in [-0.25, -0.2) is 0 Å². The summed E-state index contributed by atoms with van der Waals surface area (Å²) in [6.45, 7) is 4.79. The van der Waals surface area contributed by atoms with E-state index >= 15 is 0 Å². The zero-order chi connectivity index (χ0) is 12.7. The SMILES string of the molecule is CCCCCNC(=O)C(C)Sc1nncn1C. The van der Waals surface area contributed by atoms with E-state index in [0.29, 0.717) is 0 Å². The van der Waals surface area contributed by atoms with Gasteiger partial charge in [-0.2, -0.15) is 0 Å². The molecule has 0 aliphatic heterocycles. The predicted molar refractivity (Wildman–Crippen MR) is 68.9 cm³/mol. The van der Waals surface area contributed by atoms with Crippen molar-refractivity contribution in [2.45, 2.75) is 43.5 Å². The predicted octanol–water partition coefficient (Wildman–Crippen LogP) is 1.60. The van der Waals surface area contributed by atoms with Crippen molar-refractivity contribution >= 4 is 17.7 Å². The standard InChI is InChI=1S/C11H20N4OS/c1-4-5-6-7-12-10(16)9(2)17-11-14-13-8-15(11)3/h8-9H,4-7H2,1-3H3,(H,12,16). The number of carbonyl (C=O) groups is 1. The van der Waals surface area contributed by atoms with Gasteiger partial charge >= 0.3 is 0 Å². The normalized spacial score (nSPS) is 12.4. The summed E-state index contributed by atoms with van der Waals surface area (Å²) in [5, 5.41) is 11.3. The molecule has 1 heterocycles. The summed E-state index contributed by atoms with van der Waals surface area (Å²) in [5.41, 5.74) is 0. The van der Waals surface area contributed by atoms with Gasteiger partial charge in [-0.05, 0) is 13.3 Å². The van der Waals surface area contributed by atoms with Crippen LogP contribution in [0.2, 0.25) is 0 Å². The Balaban J connectivity index is 2.30. The Morgan fingerprint density at radius 3 is 2.94 bits per heavy atom. The van der Waals surface area contributed by atoms with Crippen LogP contribution in [0, 0.1) is 0 Å². The molecule has 0 spiro atoms. The minimum atomic E-state index is -0.139. The number of unbranched alkanes of at least 4 members (excludes halogenated alkanes) is 2. The number of aromatic nitrogens is 3. The summed E-state index contributed by atoms with van der Waals surface area (Å²) in [4.78, 5) is 11.8. The Kier molecular flexibility index (Phi) is 6.04. The minimum absolute atomic E-state index is 0.0640. The van der Waals surface area contributed by atoms with Crippen LogP contribution in [-0.4, -0.2) is 32.5 Å². The molecular formula is C11H20N4OS. The van der Waals surface area contributed by atoms with Gasteiger partial charge in [0.15, 0.2) is 5.16 Å². The quantitative estimate of drug-likeness (QED) is 0.594. The van der Waals surface area contributed by atoms with Crippen LogP contribution >= 0.6 is 11.8 Å². The molecule has 96 valence electrons. The maximum atomic E-state index is 11.8. The van der Waals surface area contributed by atoms with Crippen LogP contribution in [0.5, 0.6) is 0 Å². The number of amides is 1. The molecule has 0 radical (unpaired) electrons. The van der Waals surface area contributed by atoms with Crippen LogP contribution in [0.1, 0.15) is 33.1 Å². The molecule has 1 rings (SSSR count). The van der Waals surface area contributed by atoms with E-state index in [9.17, 15) is 4.79 Å². The molecule has 1 atom stereocenters. The lowest BCUT2D eigenvalue weighted by Crippen LogP contribution is -2.31. The van der Waals surface area contributed by atoms with Gasteiger partial charge in [0.25, 0.3) is 0 Å². The van der Waals surface area contributed by atoms with Crippen molar-refractivity contribution in [1.29, 1.82) is 0 Å². The number of hydrogen-bond acceptors (Lipinski definition) is 4. The van der Waals surface area contributed by atoms with E-state index in [1.165, 1.54) is 18.2 Å². The lowest BCUT2D eigenvalue weighted by atomic mass is 10.2. The van der Waals surface area contributed by atoms with Gasteiger partial charge < -0.3 is 9.88 Å². The number of thioether (sulfide) groups is 1. The van der Waals surface area contributed by atoms with Gasteiger partial charge in [0, 0.05) is 13.6 Å². The van der Waals surface area contributed by atoms with Crippen LogP contribution in [0.3, 0.4) is 0 Å². The number of nitrogens with one attached hydrogen (secondary N) is 1. The third-order valence-corrected chi connectivity index (χ3v) is 3.55. The summed E-state index contributed by atoms with van der Waals surface area (Å²) in [6, 6.07) is 0. The van der Waals surface area contributed by atoms with Crippen LogP contribution in [-0.2, 0) is 11.8 Å². The third kappa shape index (κ3) is 4.77. The number of aryl methyl sites for hydroxylation is 1. The topological polar surface area (TPSA) is 59.8 Å². The molecule has 0 aliphatic rings. The highest BCUT2D eigenvalue weighted by molar-refractivity contribution is 8.00. The fraction of sp³-hybridized carbons (Fsp3) is 0.727. The van der Waals surface area contributed by atoms with Gasteiger partial charge in [0.2, 0.25) is 5.91 Å². The molecule has 5 nitrogen and oxygen atoms in total. The van der Waals surface area contributed by atoms with E-state index in [0.717, 1.165) is 24.5 Å². The smallest absolute Gasteiger partial charge is 0.233 e. The van der Waals surface area contributed by atoms with E-state index in [1.807, 2.05) is 18.5 Å². The Morgan fingerprint density at radius 1 is 1.59 bits per heavy atom. The van der Waals surface area contributed by atoms with Crippen molar-refractivity contribution in [2.24, 2.45) is 7.05 Å². The minimum Gasteiger partial charge on any atom is -0.355 e. The molecule has 0 saturated heterocycles. The van der Waals surface area contributed by atoms with Gasteiger partial charge in [-0.15, -0.1) is 10.2 Å². The molecule has 0 aliphatic carbocycles. The fourth-order valence-electron chi connectivity index (χ4n) is 1.32. The maximum absolute atomic E-state index is 11.8. The number of carbonyl (C=O) groups excluding carboxylic acids is 1. The molecule has 0 fully saturated rings. The van der Waals surface area contributed by atoms with Gasteiger partial charge in [-0.1, -0.05) is 31.5 Å². The van der Waals surface area contributed by atoms with Gasteiger partial charge in [0.05, 0.1) is 5.25 Å². The van der Waals surface area contributed by atoms with E-state index in [4.69, 9.17) is 0 Å². The summed E-state index contributed by atoms with van der Waals surface area (Å²) in [5.74, 6) is 0.0640. The Labute approximate surface area is 106 Å². The zero-order valence-electron chi connectivity index (χ0n) is 10.6. The molecule has 17 heavy (non-hydrogen) atoms. The van der Waals surface area contributed by atoms with Gasteiger partial charge in [-0.3, -0.25) is 4.79 Å². The van der Waals surface area contributed by atoms with Crippen molar-refractivity contribution < 1.29 is 4.79 Å². The summed E-state index contributed by atoms with van der Waals surface area (Å²) in [7, 11) is 1.87. The second-order valence-electron chi connectivity index (χ2n) is 3.98. The molecule has 1 aromatic rings. The van der Waals surface area contributed by atoms with Crippen LogP contribution in [0.4, 0.5) is 0 Å². The van der Waals surface area contributed by atoms with Crippen LogP contribution < -0.4 is 5.32 Å². The van der Waals surface area contributed by atoms with Gasteiger partial charge in [0.1, 0.15) is 6.33 Å². The summed E-state index contributed by atoms with van der Waals surface area (Å²) >= 11 is 1.43.